The summed E-state index contributed by atoms with van der Waals surface area (Å²) in [7, 11) is 0. The minimum atomic E-state index is -4.32. The molecule has 1 aliphatic rings. The normalized spacial score (nSPS) is 19.8. The summed E-state index contributed by atoms with van der Waals surface area (Å²) in [6, 6.07) is 4.98. The Balaban J connectivity index is 1.92. The van der Waals surface area contributed by atoms with Crippen molar-refractivity contribution in [1.29, 1.82) is 0 Å². The van der Waals surface area contributed by atoms with Crippen molar-refractivity contribution in [2.75, 3.05) is 29.9 Å². The largest absolute Gasteiger partial charge is 0.405 e. The van der Waals surface area contributed by atoms with Crippen molar-refractivity contribution < 1.29 is 23.1 Å². The number of fused-ring (bicyclic) bond motifs is 1. The first kappa shape index (κ1) is 24.6. The number of aromatic nitrogens is 1. The number of aryl methyl sites for hydroxylation is 1. The van der Waals surface area contributed by atoms with E-state index in [0.29, 0.717) is 23.1 Å². The number of thioether (sulfide) groups is 1. The van der Waals surface area contributed by atoms with Crippen molar-refractivity contribution in [2.45, 2.75) is 51.8 Å². The third kappa shape index (κ3) is 6.07. The number of nitrogens with one attached hydrogen (secondary N) is 2. The van der Waals surface area contributed by atoms with E-state index in [0.717, 1.165) is 29.1 Å². The molecule has 176 valence electrons. The van der Waals surface area contributed by atoms with E-state index in [9.17, 15) is 23.1 Å². The fraction of sp³-hybridized carbons (Fsp3) is 0.565. The van der Waals surface area contributed by atoms with Crippen molar-refractivity contribution in [3.63, 3.8) is 0 Å². The highest BCUT2D eigenvalue weighted by Crippen LogP contribution is 2.34. The molecule has 0 spiro atoms. The third-order valence-corrected chi connectivity index (χ3v) is 6.80. The van der Waals surface area contributed by atoms with E-state index < -0.39 is 24.2 Å². The number of hydrogen-bond donors (Lipinski definition) is 3. The molecule has 1 fully saturated rings. The first-order chi connectivity index (χ1) is 14.8. The Morgan fingerprint density at radius 3 is 2.59 bits per heavy atom. The maximum absolute atomic E-state index is 12.8. The maximum atomic E-state index is 12.8. The number of pyridine rings is 1. The summed E-state index contributed by atoms with van der Waals surface area (Å²) < 4.78 is 38.1. The van der Waals surface area contributed by atoms with E-state index >= 15 is 0 Å². The summed E-state index contributed by atoms with van der Waals surface area (Å²) in [6.45, 7) is 6.95. The van der Waals surface area contributed by atoms with Gasteiger partial charge in [-0.05, 0) is 53.8 Å². The number of aliphatic hydroxyl groups is 1. The van der Waals surface area contributed by atoms with E-state index in [1.165, 1.54) is 0 Å². The predicted molar refractivity (Wildman–Crippen MR) is 123 cm³/mol. The van der Waals surface area contributed by atoms with Crippen molar-refractivity contribution in [3.8, 4) is 0 Å². The van der Waals surface area contributed by atoms with Gasteiger partial charge in [0.15, 0.2) is 0 Å². The Morgan fingerprint density at radius 1 is 1.25 bits per heavy atom. The molecule has 1 aliphatic heterocycles. The second-order valence-electron chi connectivity index (χ2n) is 9.36. The van der Waals surface area contributed by atoms with Gasteiger partial charge in [-0.1, -0.05) is 20.8 Å². The Morgan fingerprint density at radius 2 is 1.97 bits per heavy atom. The van der Waals surface area contributed by atoms with Crippen LogP contribution in [0, 0.1) is 12.8 Å². The molecule has 5 nitrogen and oxygen atoms in total. The van der Waals surface area contributed by atoms with Gasteiger partial charge in [0.1, 0.15) is 12.2 Å². The molecule has 1 aromatic carbocycles. The standard InChI is InChI=1S/C23H30F3N3O2S/c1-13-7-18(21(31)27-10-14-11-32-6-5-19(14)30)29-20-16(13)8-15(28-12-23(24,25)26)9-17(20)22(2,3)4/h7-9,14,19,28,30H,5-6,10-12H2,1-4H3,(H,27,31). The first-order valence-corrected chi connectivity index (χ1v) is 11.8. The number of nitrogens with zero attached hydrogens (tertiary/aromatic N) is 1. The SMILES string of the molecule is Cc1cc(C(=O)NCC2CSCCC2O)nc2c(C(C)(C)C)cc(NCC(F)(F)F)cc12. The summed E-state index contributed by atoms with van der Waals surface area (Å²) in [5.74, 6) is 1.41. The molecule has 2 atom stereocenters. The quantitative estimate of drug-likeness (QED) is 0.594. The van der Waals surface area contributed by atoms with Crippen LogP contribution in [-0.4, -0.2) is 52.9 Å². The van der Waals surface area contributed by atoms with Gasteiger partial charge < -0.3 is 15.7 Å². The number of alkyl halides is 3. The lowest BCUT2D eigenvalue weighted by molar-refractivity contribution is -0.115. The van der Waals surface area contributed by atoms with Gasteiger partial charge in [0.25, 0.3) is 5.91 Å². The van der Waals surface area contributed by atoms with Crippen molar-refractivity contribution in [3.05, 3.63) is 35.0 Å². The molecule has 1 amide bonds. The first-order valence-electron chi connectivity index (χ1n) is 10.7. The molecule has 0 radical (unpaired) electrons. The van der Waals surface area contributed by atoms with E-state index in [1.54, 1.807) is 30.0 Å². The number of aliphatic hydroxyl groups excluding tert-OH is 1. The van der Waals surface area contributed by atoms with E-state index in [4.69, 9.17) is 0 Å². The van der Waals surface area contributed by atoms with Crippen LogP contribution in [0.5, 0.6) is 0 Å². The highest BCUT2D eigenvalue weighted by atomic mass is 32.2. The minimum Gasteiger partial charge on any atom is -0.393 e. The zero-order valence-electron chi connectivity index (χ0n) is 18.8. The number of amides is 1. The smallest absolute Gasteiger partial charge is 0.393 e. The lowest BCUT2D eigenvalue weighted by Crippen LogP contribution is -2.38. The van der Waals surface area contributed by atoms with E-state index in [2.05, 4.69) is 15.6 Å². The van der Waals surface area contributed by atoms with Gasteiger partial charge in [-0.15, -0.1) is 0 Å². The molecule has 32 heavy (non-hydrogen) atoms. The molecule has 0 saturated carbocycles. The fourth-order valence-corrected chi connectivity index (χ4v) is 5.00. The Hall–Kier alpha value is -2.00. The number of hydrogen-bond acceptors (Lipinski definition) is 5. The number of carbonyl (C=O) groups excluding carboxylic acids is 1. The lowest BCUT2D eigenvalue weighted by atomic mass is 9.84. The third-order valence-electron chi connectivity index (χ3n) is 5.61. The van der Waals surface area contributed by atoms with Crippen LogP contribution in [0.1, 0.15) is 48.8 Å². The van der Waals surface area contributed by atoms with Crippen LogP contribution < -0.4 is 10.6 Å². The molecule has 3 rings (SSSR count). The van der Waals surface area contributed by atoms with Crippen molar-refractivity contribution >= 4 is 34.3 Å². The molecule has 1 aromatic heterocycles. The molecular weight excluding hydrogens is 439 g/mol. The molecule has 0 aliphatic carbocycles. The molecule has 1 saturated heterocycles. The average molecular weight is 470 g/mol. The van der Waals surface area contributed by atoms with Gasteiger partial charge in [-0.25, -0.2) is 4.98 Å². The number of halogens is 3. The molecule has 2 unspecified atom stereocenters. The van der Waals surface area contributed by atoms with Crippen molar-refractivity contribution in [1.82, 2.24) is 10.3 Å². The minimum absolute atomic E-state index is 0.00616. The zero-order valence-corrected chi connectivity index (χ0v) is 19.6. The van der Waals surface area contributed by atoms with Crippen LogP contribution in [0.3, 0.4) is 0 Å². The number of carbonyl (C=O) groups is 1. The van der Waals surface area contributed by atoms with Crippen LogP contribution in [0.2, 0.25) is 0 Å². The van der Waals surface area contributed by atoms with Gasteiger partial charge in [-0.3, -0.25) is 4.79 Å². The van der Waals surface area contributed by atoms with Crippen LogP contribution >= 0.6 is 11.8 Å². The summed E-state index contributed by atoms with van der Waals surface area (Å²) in [6.07, 6.45) is -4.02. The highest BCUT2D eigenvalue weighted by molar-refractivity contribution is 7.99. The Bertz CT molecular complexity index is 989. The zero-order chi connectivity index (χ0) is 23.7. The molecule has 3 N–H and O–H groups in total. The Kier molecular flexibility index (Phi) is 7.29. The Labute approximate surface area is 190 Å². The molecule has 2 heterocycles. The monoisotopic (exact) mass is 469 g/mol. The molecule has 9 heteroatoms. The van der Waals surface area contributed by atoms with Crippen molar-refractivity contribution in [2.24, 2.45) is 5.92 Å². The lowest BCUT2D eigenvalue weighted by Gasteiger charge is -2.27. The average Bonchev–Trinajstić information content (AvgIpc) is 2.69. The fourth-order valence-electron chi connectivity index (χ4n) is 3.78. The number of benzene rings is 1. The van der Waals surface area contributed by atoms with Gasteiger partial charge in [0.2, 0.25) is 0 Å². The summed E-state index contributed by atoms with van der Waals surface area (Å²) in [4.78, 5) is 17.4. The predicted octanol–water partition coefficient (Wildman–Crippen LogP) is 4.66. The molecule has 2 aromatic rings. The van der Waals surface area contributed by atoms with Crippen LogP contribution in [0.4, 0.5) is 18.9 Å². The summed E-state index contributed by atoms with van der Waals surface area (Å²) in [5, 5.41) is 16.2. The topological polar surface area (TPSA) is 74.2 Å². The van der Waals surface area contributed by atoms with Gasteiger partial charge >= 0.3 is 6.18 Å². The van der Waals surface area contributed by atoms with Crippen LogP contribution in [-0.2, 0) is 5.41 Å². The highest BCUT2D eigenvalue weighted by Gasteiger charge is 2.28. The van der Waals surface area contributed by atoms with Gasteiger partial charge in [0.05, 0.1) is 11.6 Å². The molecule has 0 bridgehead atoms. The second-order valence-corrected chi connectivity index (χ2v) is 10.5. The number of anilines is 1. The van der Waals surface area contributed by atoms with E-state index in [1.807, 2.05) is 27.7 Å². The van der Waals surface area contributed by atoms with Crippen LogP contribution in [0.25, 0.3) is 10.9 Å². The second kappa shape index (κ2) is 9.47. The maximum Gasteiger partial charge on any atom is 0.405 e. The van der Waals surface area contributed by atoms with Gasteiger partial charge in [0, 0.05) is 29.3 Å². The summed E-state index contributed by atoms with van der Waals surface area (Å²) >= 11 is 1.77. The number of rotatable bonds is 5. The van der Waals surface area contributed by atoms with Crippen LogP contribution in [0.15, 0.2) is 18.2 Å². The van der Waals surface area contributed by atoms with E-state index in [-0.39, 0.29) is 17.5 Å². The molecular formula is C23H30F3N3O2S. The summed E-state index contributed by atoms with van der Waals surface area (Å²) in [5.41, 5.74) is 2.35. The van der Waals surface area contributed by atoms with Gasteiger partial charge in [-0.2, -0.15) is 24.9 Å².